The van der Waals surface area contributed by atoms with E-state index in [-0.39, 0.29) is 5.56 Å². The third kappa shape index (κ3) is 8.70. The number of benzene rings is 1. The molecule has 1 aromatic carbocycles. The summed E-state index contributed by atoms with van der Waals surface area (Å²) in [5, 5.41) is 9.73. The Morgan fingerprint density at radius 2 is 1.53 bits per heavy atom. The Hall–Kier alpha value is -0.870. The lowest BCUT2D eigenvalue weighted by molar-refractivity contribution is -0.258. The average molecular weight is 469 g/mol. The van der Waals surface area contributed by atoms with Gasteiger partial charge in [0.1, 0.15) is 0 Å². The van der Waals surface area contributed by atoms with Gasteiger partial charge in [-0.05, 0) is 49.7 Å². The van der Waals surface area contributed by atoms with E-state index in [1.165, 1.54) is 16.4 Å². The number of aliphatic hydroxyl groups is 1. The lowest BCUT2D eigenvalue weighted by Crippen LogP contribution is -2.43. The maximum atomic E-state index is 12.9. The molecule has 0 radical (unpaired) electrons. The van der Waals surface area contributed by atoms with Crippen molar-refractivity contribution in [2.75, 3.05) is 51.6 Å². The van der Waals surface area contributed by atoms with Crippen molar-refractivity contribution >= 4 is 29.4 Å². The highest BCUT2D eigenvalue weighted by atomic mass is 32.2. The largest absolute Gasteiger partial charge is 0.421 e. The minimum atomic E-state index is -4.70. The zero-order chi connectivity index (χ0) is 23.4. The highest BCUT2D eigenvalue weighted by molar-refractivity contribution is 8.20. The van der Waals surface area contributed by atoms with Gasteiger partial charge in [-0.2, -0.15) is 13.2 Å². The molecular formula is C21H35F3N2O2S2. The van der Waals surface area contributed by atoms with Crippen molar-refractivity contribution in [2.24, 2.45) is 0 Å². The van der Waals surface area contributed by atoms with Gasteiger partial charge in [-0.25, -0.2) is 4.31 Å². The summed E-state index contributed by atoms with van der Waals surface area (Å²) in [6, 6.07) is 6.01. The summed E-state index contributed by atoms with van der Waals surface area (Å²) in [6.07, 6.45) is -0.553. The van der Waals surface area contributed by atoms with Crippen molar-refractivity contribution in [3.63, 3.8) is 0 Å². The van der Waals surface area contributed by atoms with Crippen LogP contribution in [0.2, 0.25) is 0 Å². The molecule has 0 saturated carbocycles. The number of thioether (sulfide) groups is 1. The summed E-state index contributed by atoms with van der Waals surface area (Å²) in [5.74, 6) is 0. The highest BCUT2D eigenvalue weighted by Crippen LogP contribution is 2.39. The Morgan fingerprint density at radius 1 is 1.07 bits per heavy atom. The van der Waals surface area contributed by atoms with Crippen LogP contribution < -0.4 is 4.90 Å². The molecular weight excluding hydrogens is 433 g/mol. The predicted molar refractivity (Wildman–Crippen MR) is 125 cm³/mol. The van der Waals surface area contributed by atoms with Crippen LogP contribution in [0.4, 0.5) is 18.9 Å². The fraction of sp³-hybridized carbons (Fsp3) is 0.619. The van der Waals surface area contributed by atoms with Crippen LogP contribution in [0.25, 0.3) is 0 Å². The number of hydrogen-bond acceptors (Lipinski definition) is 6. The van der Waals surface area contributed by atoms with Gasteiger partial charge in [0.2, 0.25) is 0 Å². The molecule has 4 nitrogen and oxygen atoms in total. The van der Waals surface area contributed by atoms with Crippen LogP contribution in [-0.2, 0) is 10.3 Å². The Bertz CT molecular complexity index is 616. The highest BCUT2D eigenvalue weighted by Gasteiger charge is 2.51. The van der Waals surface area contributed by atoms with E-state index < -0.39 is 11.8 Å². The second-order valence-electron chi connectivity index (χ2n) is 6.34. The van der Waals surface area contributed by atoms with E-state index in [4.69, 9.17) is 0 Å². The number of alkyl halides is 3. The molecule has 174 valence electrons. The van der Waals surface area contributed by atoms with Gasteiger partial charge in [0.25, 0.3) is 0 Å². The Kier molecular flexibility index (Phi) is 13.8. The second-order valence-corrected chi connectivity index (χ2v) is 8.59. The van der Waals surface area contributed by atoms with Crippen LogP contribution in [0.5, 0.6) is 0 Å². The van der Waals surface area contributed by atoms with Gasteiger partial charge in [-0.1, -0.05) is 32.1 Å². The number of hydrogen-bond donors (Lipinski definition) is 1. The van der Waals surface area contributed by atoms with Gasteiger partial charge in [-0.15, -0.1) is 11.8 Å². The predicted octanol–water partition coefficient (Wildman–Crippen LogP) is 5.74. The Morgan fingerprint density at radius 3 is 1.90 bits per heavy atom. The van der Waals surface area contributed by atoms with Crippen LogP contribution in [0, 0.1) is 0 Å². The number of ether oxygens (including phenoxy) is 1. The quantitative estimate of drug-likeness (QED) is 0.556. The maximum Gasteiger partial charge on any atom is 0.421 e. The van der Waals surface area contributed by atoms with E-state index in [2.05, 4.69) is 26.3 Å². The van der Waals surface area contributed by atoms with Crippen LogP contribution in [0.1, 0.15) is 33.3 Å². The zero-order valence-electron chi connectivity index (χ0n) is 18.9. The average Bonchev–Trinajstić information content (AvgIpc) is 2.74. The Balaban J connectivity index is 0.00000154. The van der Waals surface area contributed by atoms with Gasteiger partial charge in [0.15, 0.2) is 5.60 Å². The van der Waals surface area contributed by atoms with E-state index in [0.717, 1.165) is 38.8 Å². The van der Waals surface area contributed by atoms with Crippen LogP contribution in [0.3, 0.4) is 0 Å². The van der Waals surface area contributed by atoms with E-state index in [1.807, 2.05) is 20.8 Å². The Labute approximate surface area is 188 Å². The van der Waals surface area contributed by atoms with E-state index in [1.54, 1.807) is 50.1 Å². The van der Waals surface area contributed by atoms with Gasteiger partial charge in [0.05, 0.1) is 4.24 Å². The van der Waals surface area contributed by atoms with Crippen LogP contribution in [-0.4, -0.2) is 62.2 Å². The fourth-order valence-electron chi connectivity index (χ4n) is 2.53. The number of anilines is 1. The molecule has 30 heavy (non-hydrogen) atoms. The van der Waals surface area contributed by atoms with Crippen molar-refractivity contribution in [3.05, 3.63) is 40.1 Å². The molecule has 1 heterocycles. The molecule has 1 aromatic rings. The smallest absolute Gasteiger partial charge is 0.388 e. The van der Waals surface area contributed by atoms with Gasteiger partial charge < -0.3 is 14.7 Å². The number of methoxy groups -OCH3 is 1. The lowest BCUT2D eigenvalue weighted by Gasteiger charge is -2.35. The number of nitrogens with zero attached hydrogens (tertiary/aromatic N) is 2. The molecule has 1 unspecified atom stereocenters. The molecule has 1 aliphatic rings. The molecule has 1 saturated heterocycles. The molecule has 0 bridgehead atoms. The van der Waals surface area contributed by atoms with Crippen molar-refractivity contribution < 1.29 is 23.0 Å². The van der Waals surface area contributed by atoms with Crippen molar-refractivity contribution in [1.82, 2.24) is 4.31 Å². The fourth-order valence-corrected chi connectivity index (χ4v) is 4.09. The molecule has 9 heteroatoms. The third-order valence-electron chi connectivity index (χ3n) is 4.24. The molecule has 0 aromatic heterocycles. The van der Waals surface area contributed by atoms with E-state index >= 15 is 0 Å². The van der Waals surface area contributed by atoms with E-state index in [9.17, 15) is 18.3 Å². The summed E-state index contributed by atoms with van der Waals surface area (Å²) in [4.78, 5) is 2.15. The number of rotatable bonds is 5. The molecule has 2 rings (SSSR count). The normalized spacial score (nSPS) is 17.3. The van der Waals surface area contributed by atoms with Gasteiger partial charge in [-0.3, -0.25) is 0 Å². The van der Waals surface area contributed by atoms with Crippen molar-refractivity contribution in [2.45, 2.75) is 39.5 Å². The summed E-state index contributed by atoms with van der Waals surface area (Å²) < 4.78 is 46.5. The van der Waals surface area contributed by atoms with Gasteiger partial charge >= 0.3 is 6.18 Å². The van der Waals surface area contributed by atoms with Gasteiger partial charge in [0, 0.05) is 46.1 Å². The molecule has 1 N–H and O–H groups in total. The first-order valence-corrected chi connectivity index (χ1v) is 11.8. The summed E-state index contributed by atoms with van der Waals surface area (Å²) in [7, 11) is 3.25. The molecule has 1 aliphatic heterocycles. The molecule has 1 atom stereocenters. The summed E-state index contributed by atoms with van der Waals surface area (Å²) in [5.41, 5.74) is -2.10. The minimum Gasteiger partial charge on any atom is -0.388 e. The van der Waals surface area contributed by atoms with E-state index in [0.29, 0.717) is 0 Å². The number of halogens is 3. The van der Waals surface area contributed by atoms with Crippen LogP contribution >= 0.6 is 23.7 Å². The first kappa shape index (κ1) is 29.1. The monoisotopic (exact) mass is 468 g/mol. The minimum absolute atomic E-state index is 0.143. The number of allylic oxidation sites excluding steroid dienone is 1. The zero-order valence-corrected chi connectivity index (χ0v) is 20.5. The number of piperazine rings is 1. The first-order valence-electron chi connectivity index (χ1n) is 9.78. The molecule has 0 aliphatic carbocycles. The lowest BCUT2D eigenvalue weighted by atomic mass is 9.95. The second kappa shape index (κ2) is 14.2. The third-order valence-corrected chi connectivity index (χ3v) is 6.64. The van der Waals surface area contributed by atoms with Crippen molar-refractivity contribution in [1.29, 1.82) is 0 Å². The van der Waals surface area contributed by atoms with Crippen molar-refractivity contribution in [3.8, 4) is 0 Å². The van der Waals surface area contributed by atoms with Crippen LogP contribution in [0.15, 0.2) is 34.6 Å². The standard InChI is InChI=1S/C17H23F3N2OS2.C2H6O.C2H6/c1-4-15(24-3)25-22-11-9-21(10-12-22)14-7-5-13(6-8-14)16(2,23)17(18,19)20;1-3-2;1-2/h4-8,23H,9-12H2,1-3H3;1-2H3;1-2H3/b15-4+;;. The first-order chi connectivity index (χ1) is 14.1. The summed E-state index contributed by atoms with van der Waals surface area (Å²) >= 11 is 3.46. The SMILES string of the molecule is C/C=C(\SC)SN1CCN(c2ccc(C(C)(O)C(F)(F)F)cc2)CC1.CC.COC. The molecule has 0 amide bonds. The molecule has 1 fully saturated rings. The topological polar surface area (TPSA) is 35.9 Å². The molecule has 0 spiro atoms. The summed E-state index contributed by atoms with van der Waals surface area (Å²) in [6.45, 7) is 10.2. The maximum absolute atomic E-state index is 12.9.